The molecule has 3 nitrogen and oxygen atoms in total. The van der Waals surface area contributed by atoms with E-state index in [2.05, 4.69) is 34.6 Å². The summed E-state index contributed by atoms with van der Waals surface area (Å²) < 4.78 is 11.3. The number of ether oxygens (including phenoxy) is 2. The van der Waals surface area contributed by atoms with Gasteiger partial charge >= 0.3 is 0 Å². The highest BCUT2D eigenvalue weighted by Crippen LogP contribution is 2.32. The number of aliphatic hydroxyl groups is 1. The van der Waals surface area contributed by atoms with Gasteiger partial charge in [-0.05, 0) is 25.2 Å². The molecule has 0 aromatic carbocycles. The van der Waals surface area contributed by atoms with Gasteiger partial charge in [0.1, 0.15) is 0 Å². The second-order valence-electron chi connectivity index (χ2n) is 5.21. The molecule has 0 heterocycles. The lowest BCUT2D eigenvalue weighted by molar-refractivity contribution is -0.117. The molecule has 0 aliphatic carbocycles. The number of hydrogen-bond donors (Lipinski definition) is 1. The fourth-order valence-corrected chi connectivity index (χ4v) is 2.08. The Balaban J connectivity index is 4.12. The molecule has 104 valence electrons. The molecule has 0 saturated heterocycles. The van der Waals surface area contributed by atoms with Gasteiger partial charge in [-0.15, -0.1) is 0 Å². The highest BCUT2D eigenvalue weighted by molar-refractivity contribution is 4.84. The molecule has 0 fully saturated rings. The molecule has 0 aromatic heterocycles. The van der Waals surface area contributed by atoms with E-state index in [1.165, 1.54) is 12.8 Å². The van der Waals surface area contributed by atoms with Crippen LogP contribution in [0.1, 0.15) is 47.5 Å². The van der Waals surface area contributed by atoms with E-state index in [0.717, 1.165) is 0 Å². The molecule has 2 unspecified atom stereocenters. The maximum atomic E-state index is 8.61. The van der Waals surface area contributed by atoms with Gasteiger partial charge in [0.15, 0.2) is 0 Å². The summed E-state index contributed by atoms with van der Waals surface area (Å²) in [4.78, 5) is 0. The van der Waals surface area contributed by atoms with E-state index in [1.54, 1.807) is 0 Å². The Labute approximate surface area is 107 Å². The maximum absolute atomic E-state index is 8.61. The molecule has 0 aliphatic rings. The van der Waals surface area contributed by atoms with Crippen molar-refractivity contribution in [3.05, 3.63) is 0 Å². The Morgan fingerprint density at radius 1 is 1.12 bits per heavy atom. The van der Waals surface area contributed by atoms with E-state index in [1.807, 2.05) is 0 Å². The maximum Gasteiger partial charge on any atom is 0.0708 e. The minimum absolute atomic E-state index is 0.0771. The molecular weight excluding hydrogens is 216 g/mol. The summed E-state index contributed by atoms with van der Waals surface area (Å²) in [5.41, 5.74) is -0.0847. The van der Waals surface area contributed by atoms with Crippen LogP contribution in [0.15, 0.2) is 0 Å². The molecule has 0 rings (SSSR count). The van der Waals surface area contributed by atoms with Gasteiger partial charge in [0.05, 0.1) is 32.0 Å². The topological polar surface area (TPSA) is 38.7 Å². The largest absolute Gasteiger partial charge is 0.394 e. The second kappa shape index (κ2) is 8.90. The molecule has 3 heteroatoms. The van der Waals surface area contributed by atoms with Crippen molar-refractivity contribution < 1.29 is 14.6 Å². The van der Waals surface area contributed by atoms with Crippen molar-refractivity contribution in [3.63, 3.8) is 0 Å². The average Bonchev–Trinajstić information content (AvgIpc) is 2.28. The van der Waals surface area contributed by atoms with Crippen molar-refractivity contribution in [2.75, 3.05) is 26.4 Å². The van der Waals surface area contributed by atoms with Crippen molar-refractivity contribution in [2.24, 2.45) is 11.8 Å². The number of hydrogen-bond acceptors (Lipinski definition) is 3. The zero-order valence-electron chi connectivity index (χ0n) is 12.2. The van der Waals surface area contributed by atoms with Crippen LogP contribution in [-0.2, 0) is 9.47 Å². The Morgan fingerprint density at radius 2 is 1.76 bits per heavy atom. The summed E-state index contributed by atoms with van der Waals surface area (Å²) in [6.07, 6.45) is 2.38. The molecule has 1 N–H and O–H groups in total. The first-order chi connectivity index (χ1) is 7.99. The zero-order chi connectivity index (χ0) is 13.3. The summed E-state index contributed by atoms with van der Waals surface area (Å²) in [5, 5.41) is 8.61. The molecule has 0 spiro atoms. The Morgan fingerprint density at radius 3 is 2.24 bits per heavy atom. The van der Waals surface area contributed by atoms with E-state index in [0.29, 0.717) is 31.7 Å². The predicted octanol–water partition coefficient (Wildman–Crippen LogP) is 2.86. The van der Waals surface area contributed by atoms with Gasteiger partial charge in [-0.3, -0.25) is 0 Å². The van der Waals surface area contributed by atoms with Crippen LogP contribution in [0.4, 0.5) is 0 Å². The molecule has 0 bridgehead atoms. The lowest BCUT2D eigenvalue weighted by Crippen LogP contribution is -2.42. The van der Waals surface area contributed by atoms with E-state index in [-0.39, 0.29) is 12.2 Å². The minimum Gasteiger partial charge on any atom is -0.394 e. The first-order valence-corrected chi connectivity index (χ1v) is 6.81. The van der Waals surface area contributed by atoms with Crippen molar-refractivity contribution in [1.29, 1.82) is 0 Å². The SMILES string of the molecule is CCCC(C)C(C)(OCCOCCO)C(C)C. The van der Waals surface area contributed by atoms with Crippen molar-refractivity contribution in [2.45, 2.75) is 53.1 Å². The Hall–Kier alpha value is -0.120. The van der Waals surface area contributed by atoms with E-state index in [4.69, 9.17) is 14.6 Å². The highest BCUT2D eigenvalue weighted by atomic mass is 16.5. The van der Waals surface area contributed by atoms with E-state index >= 15 is 0 Å². The lowest BCUT2D eigenvalue weighted by atomic mass is 9.78. The third kappa shape index (κ3) is 5.84. The molecule has 17 heavy (non-hydrogen) atoms. The van der Waals surface area contributed by atoms with Crippen LogP contribution in [0.25, 0.3) is 0 Å². The molecule has 0 aromatic rings. The van der Waals surface area contributed by atoms with Crippen LogP contribution in [0.5, 0.6) is 0 Å². The van der Waals surface area contributed by atoms with Crippen LogP contribution in [0.3, 0.4) is 0 Å². The standard InChI is InChI=1S/C14H30O3/c1-6-7-13(4)14(5,12(2)3)17-11-10-16-9-8-15/h12-13,15H,6-11H2,1-5H3. The molecule has 0 saturated carbocycles. The smallest absolute Gasteiger partial charge is 0.0708 e. The summed E-state index contributed by atoms with van der Waals surface area (Å²) in [5.74, 6) is 1.03. The average molecular weight is 246 g/mol. The third-order valence-corrected chi connectivity index (χ3v) is 3.72. The van der Waals surface area contributed by atoms with Gasteiger partial charge < -0.3 is 14.6 Å². The van der Waals surface area contributed by atoms with Crippen molar-refractivity contribution >= 4 is 0 Å². The fourth-order valence-electron chi connectivity index (χ4n) is 2.08. The van der Waals surface area contributed by atoms with Gasteiger partial charge in [0.2, 0.25) is 0 Å². The van der Waals surface area contributed by atoms with Crippen LogP contribution in [0, 0.1) is 11.8 Å². The lowest BCUT2D eigenvalue weighted by Gasteiger charge is -2.39. The third-order valence-electron chi connectivity index (χ3n) is 3.72. The zero-order valence-corrected chi connectivity index (χ0v) is 12.2. The normalized spacial score (nSPS) is 17.1. The molecular formula is C14H30O3. The van der Waals surface area contributed by atoms with Gasteiger partial charge in [-0.25, -0.2) is 0 Å². The number of rotatable bonds is 10. The summed E-state index contributed by atoms with van der Waals surface area (Å²) in [6, 6.07) is 0. The molecule has 0 aliphatic heterocycles. The summed E-state index contributed by atoms with van der Waals surface area (Å²) >= 11 is 0. The summed E-state index contributed by atoms with van der Waals surface area (Å²) in [6.45, 7) is 12.7. The fraction of sp³-hybridized carbons (Fsp3) is 1.00. The van der Waals surface area contributed by atoms with E-state index < -0.39 is 0 Å². The summed E-state index contributed by atoms with van der Waals surface area (Å²) in [7, 11) is 0. The van der Waals surface area contributed by atoms with Crippen molar-refractivity contribution in [3.8, 4) is 0 Å². The molecule has 0 amide bonds. The van der Waals surface area contributed by atoms with E-state index in [9.17, 15) is 0 Å². The van der Waals surface area contributed by atoms with Crippen LogP contribution >= 0.6 is 0 Å². The highest BCUT2D eigenvalue weighted by Gasteiger charge is 2.34. The Bertz CT molecular complexity index is 182. The molecule has 0 radical (unpaired) electrons. The molecule has 2 atom stereocenters. The van der Waals surface area contributed by atoms with Crippen LogP contribution < -0.4 is 0 Å². The predicted molar refractivity (Wildman–Crippen MR) is 71.2 cm³/mol. The van der Waals surface area contributed by atoms with Gasteiger partial charge in [-0.2, -0.15) is 0 Å². The first kappa shape index (κ1) is 16.9. The van der Waals surface area contributed by atoms with Crippen molar-refractivity contribution in [1.82, 2.24) is 0 Å². The minimum atomic E-state index is -0.0847. The Kier molecular flexibility index (Phi) is 8.83. The first-order valence-electron chi connectivity index (χ1n) is 6.81. The van der Waals surface area contributed by atoms with Crippen LogP contribution in [-0.4, -0.2) is 37.1 Å². The van der Waals surface area contributed by atoms with Gasteiger partial charge in [-0.1, -0.05) is 34.1 Å². The van der Waals surface area contributed by atoms with Crippen LogP contribution in [0.2, 0.25) is 0 Å². The van der Waals surface area contributed by atoms with Gasteiger partial charge in [0.25, 0.3) is 0 Å². The van der Waals surface area contributed by atoms with Gasteiger partial charge in [0, 0.05) is 0 Å². The monoisotopic (exact) mass is 246 g/mol. The second-order valence-corrected chi connectivity index (χ2v) is 5.21. The quantitative estimate of drug-likeness (QED) is 0.602. The number of aliphatic hydroxyl groups excluding tert-OH is 1.